The summed E-state index contributed by atoms with van der Waals surface area (Å²) in [6.07, 6.45) is 0.930. The number of nitrogens with one attached hydrogen (secondary N) is 2. The average molecular weight is 331 g/mol. The van der Waals surface area contributed by atoms with Gasteiger partial charge in [0, 0.05) is 28.4 Å². The molecule has 0 radical (unpaired) electrons. The lowest BCUT2D eigenvalue weighted by atomic mass is 9.95. The highest BCUT2D eigenvalue weighted by Crippen LogP contribution is 2.19. The quantitative estimate of drug-likeness (QED) is 0.811. The van der Waals surface area contributed by atoms with Crippen LogP contribution in [0, 0.1) is 5.41 Å². The molecular weight excluding hydrogens is 308 g/mol. The molecule has 0 unspecified atom stereocenters. The molecule has 0 bridgehead atoms. The van der Waals surface area contributed by atoms with E-state index in [1.54, 1.807) is 0 Å². The summed E-state index contributed by atoms with van der Waals surface area (Å²) in [6, 6.07) is 15.7. The number of carbonyl (C=O) groups excluding carboxylic acids is 1. The number of amides is 1. The number of rotatable bonds is 5. The zero-order chi connectivity index (χ0) is 16.9. The van der Waals surface area contributed by atoms with Gasteiger partial charge in [-0.3, -0.25) is 4.79 Å². The minimum absolute atomic E-state index is 0.0148. The molecule has 1 amide bonds. The number of hydrogen-bond donors (Lipinski definition) is 2. The summed E-state index contributed by atoms with van der Waals surface area (Å²) in [5.41, 5.74) is 2.70. The molecule has 0 aliphatic rings. The van der Waals surface area contributed by atoms with Crippen molar-refractivity contribution in [2.45, 2.75) is 27.2 Å². The van der Waals surface area contributed by atoms with Gasteiger partial charge < -0.3 is 10.6 Å². The molecule has 0 atom stereocenters. The Morgan fingerprint density at radius 1 is 0.957 bits per heavy atom. The molecule has 0 aromatic heterocycles. The molecule has 122 valence electrons. The Morgan fingerprint density at radius 3 is 2.09 bits per heavy atom. The number of benzene rings is 2. The molecule has 0 fully saturated rings. The number of halogens is 1. The van der Waals surface area contributed by atoms with E-state index in [2.05, 4.69) is 10.6 Å². The number of anilines is 2. The second-order valence-electron chi connectivity index (χ2n) is 6.58. The summed E-state index contributed by atoms with van der Waals surface area (Å²) < 4.78 is 0. The van der Waals surface area contributed by atoms with E-state index in [1.807, 2.05) is 69.3 Å². The van der Waals surface area contributed by atoms with Gasteiger partial charge in [-0.15, -0.1) is 0 Å². The molecule has 2 aromatic rings. The van der Waals surface area contributed by atoms with Crippen molar-refractivity contribution in [2.24, 2.45) is 5.41 Å². The van der Waals surface area contributed by atoms with Crippen molar-refractivity contribution in [3.8, 4) is 0 Å². The van der Waals surface area contributed by atoms with Gasteiger partial charge in [-0.25, -0.2) is 0 Å². The largest absolute Gasteiger partial charge is 0.385 e. The maximum absolute atomic E-state index is 11.9. The lowest BCUT2D eigenvalue weighted by Gasteiger charge is -2.17. The van der Waals surface area contributed by atoms with Gasteiger partial charge in [-0.1, -0.05) is 44.5 Å². The maximum atomic E-state index is 11.9. The summed E-state index contributed by atoms with van der Waals surface area (Å²) in [6.45, 7) is 6.54. The Morgan fingerprint density at radius 2 is 1.52 bits per heavy atom. The van der Waals surface area contributed by atoms with Crippen LogP contribution in [0.15, 0.2) is 48.5 Å². The molecule has 23 heavy (non-hydrogen) atoms. The second kappa shape index (κ2) is 7.51. The van der Waals surface area contributed by atoms with Gasteiger partial charge in [0.2, 0.25) is 5.91 Å². The molecule has 2 rings (SSSR count). The fourth-order valence-corrected chi connectivity index (χ4v) is 2.12. The lowest BCUT2D eigenvalue weighted by molar-refractivity contribution is -0.123. The van der Waals surface area contributed by atoms with Gasteiger partial charge >= 0.3 is 0 Å². The van der Waals surface area contributed by atoms with Gasteiger partial charge in [-0.05, 0) is 48.4 Å². The molecule has 0 heterocycles. The minimum atomic E-state index is -0.393. The smallest absolute Gasteiger partial charge is 0.229 e. The van der Waals surface area contributed by atoms with E-state index in [0.29, 0.717) is 0 Å². The first kappa shape index (κ1) is 17.4. The summed E-state index contributed by atoms with van der Waals surface area (Å²) in [7, 11) is 0. The van der Waals surface area contributed by atoms with Crippen molar-refractivity contribution in [3.63, 3.8) is 0 Å². The first-order chi connectivity index (χ1) is 10.8. The fourth-order valence-electron chi connectivity index (χ4n) is 1.99. The van der Waals surface area contributed by atoms with E-state index in [-0.39, 0.29) is 5.91 Å². The summed E-state index contributed by atoms with van der Waals surface area (Å²) in [5.74, 6) is 0.0148. The van der Waals surface area contributed by atoms with E-state index in [1.165, 1.54) is 5.56 Å². The van der Waals surface area contributed by atoms with Crippen LogP contribution in [0.4, 0.5) is 11.4 Å². The first-order valence-electron chi connectivity index (χ1n) is 7.74. The Balaban J connectivity index is 1.83. The maximum Gasteiger partial charge on any atom is 0.229 e. The highest BCUT2D eigenvalue weighted by atomic mass is 35.5. The highest BCUT2D eigenvalue weighted by molar-refractivity contribution is 6.30. The van der Waals surface area contributed by atoms with Crippen molar-refractivity contribution < 1.29 is 4.79 Å². The van der Waals surface area contributed by atoms with Crippen molar-refractivity contribution in [3.05, 3.63) is 59.1 Å². The van der Waals surface area contributed by atoms with E-state index in [4.69, 9.17) is 11.6 Å². The zero-order valence-electron chi connectivity index (χ0n) is 13.8. The molecule has 4 heteroatoms. The van der Waals surface area contributed by atoms with Crippen LogP contribution < -0.4 is 10.6 Å². The van der Waals surface area contributed by atoms with Crippen LogP contribution in [-0.4, -0.2) is 12.5 Å². The molecule has 0 spiro atoms. The SMILES string of the molecule is CC(C)(C)C(=O)Nc1ccc(NCCc2ccc(Cl)cc2)cc1. The summed E-state index contributed by atoms with van der Waals surface area (Å²) >= 11 is 5.87. The van der Waals surface area contributed by atoms with Crippen LogP contribution in [-0.2, 0) is 11.2 Å². The summed E-state index contributed by atoms with van der Waals surface area (Å²) in [4.78, 5) is 11.9. The normalized spacial score (nSPS) is 11.1. The third kappa shape index (κ3) is 5.61. The van der Waals surface area contributed by atoms with Gasteiger partial charge in [-0.2, -0.15) is 0 Å². The van der Waals surface area contributed by atoms with Crippen molar-refractivity contribution >= 4 is 28.9 Å². The molecule has 3 nitrogen and oxygen atoms in total. The Labute approximate surface area is 143 Å². The van der Waals surface area contributed by atoms with Crippen molar-refractivity contribution in [1.82, 2.24) is 0 Å². The van der Waals surface area contributed by atoms with E-state index >= 15 is 0 Å². The Bertz CT molecular complexity index is 643. The fraction of sp³-hybridized carbons (Fsp3) is 0.316. The van der Waals surface area contributed by atoms with E-state index in [9.17, 15) is 4.79 Å². The van der Waals surface area contributed by atoms with Crippen LogP contribution in [0.5, 0.6) is 0 Å². The van der Waals surface area contributed by atoms with Gasteiger partial charge in [0.25, 0.3) is 0 Å². The Kier molecular flexibility index (Phi) is 5.67. The average Bonchev–Trinajstić information content (AvgIpc) is 2.50. The van der Waals surface area contributed by atoms with Gasteiger partial charge in [0.15, 0.2) is 0 Å². The van der Waals surface area contributed by atoms with Crippen LogP contribution in [0.2, 0.25) is 5.02 Å². The third-order valence-corrected chi connectivity index (χ3v) is 3.73. The van der Waals surface area contributed by atoms with Gasteiger partial charge in [0.05, 0.1) is 0 Å². The summed E-state index contributed by atoms with van der Waals surface area (Å²) in [5, 5.41) is 7.05. The van der Waals surface area contributed by atoms with Crippen LogP contribution >= 0.6 is 11.6 Å². The molecule has 2 N–H and O–H groups in total. The monoisotopic (exact) mass is 330 g/mol. The third-order valence-electron chi connectivity index (χ3n) is 3.48. The molecule has 0 saturated carbocycles. The Hall–Kier alpha value is -2.00. The zero-order valence-corrected chi connectivity index (χ0v) is 14.6. The molecule has 0 saturated heterocycles. The predicted molar refractivity (Wildman–Crippen MR) is 98.2 cm³/mol. The standard InChI is InChI=1S/C19H23ClN2O/c1-19(2,3)18(23)22-17-10-8-16(9-11-17)21-13-12-14-4-6-15(20)7-5-14/h4-11,21H,12-13H2,1-3H3,(H,22,23). The second-order valence-corrected chi connectivity index (χ2v) is 7.02. The van der Waals surface area contributed by atoms with Gasteiger partial charge in [0.1, 0.15) is 0 Å². The molecule has 0 aliphatic carbocycles. The highest BCUT2D eigenvalue weighted by Gasteiger charge is 2.20. The van der Waals surface area contributed by atoms with E-state index < -0.39 is 5.41 Å². The molecule has 0 aliphatic heterocycles. The van der Waals surface area contributed by atoms with E-state index in [0.717, 1.165) is 29.4 Å². The number of hydrogen-bond acceptors (Lipinski definition) is 2. The lowest BCUT2D eigenvalue weighted by Crippen LogP contribution is -2.27. The topological polar surface area (TPSA) is 41.1 Å². The van der Waals surface area contributed by atoms with Crippen molar-refractivity contribution in [1.29, 1.82) is 0 Å². The molecular formula is C19H23ClN2O. The molecule has 2 aromatic carbocycles. The van der Waals surface area contributed by atoms with Crippen LogP contribution in [0.25, 0.3) is 0 Å². The van der Waals surface area contributed by atoms with Crippen molar-refractivity contribution in [2.75, 3.05) is 17.2 Å². The minimum Gasteiger partial charge on any atom is -0.385 e. The van der Waals surface area contributed by atoms with Crippen LogP contribution in [0.3, 0.4) is 0 Å². The predicted octanol–water partition coefficient (Wildman–Crippen LogP) is 4.98. The number of carbonyl (C=O) groups is 1. The first-order valence-corrected chi connectivity index (χ1v) is 8.12. The van der Waals surface area contributed by atoms with Crippen LogP contribution in [0.1, 0.15) is 26.3 Å².